The lowest BCUT2D eigenvalue weighted by Gasteiger charge is -2.17. The molecule has 5 heteroatoms. The van der Waals surface area contributed by atoms with Crippen LogP contribution in [0.4, 0.5) is 0 Å². The Morgan fingerprint density at radius 1 is 0.235 bits per heavy atom. The molecule has 0 aliphatic heterocycles. The van der Waals surface area contributed by atoms with Crippen LogP contribution < -0.4 is 0 Å². The van der Waals surface area contributed by atoms with Crippen LogP contribution >= 0.6 is 0 Å². The Bertz CT molecular complexity index is 3990. The summed E-state index contributed by atoms with van der Waals surface area (Å²) < 4.78 is 4.68. The van der Waals surface area contributed by atoms with Gasteiger partial charge in [-0.15, -0.1) is 0 Å². The molecule has 0 aliphatic rings. The molecule has 5 nitrogen and oxygen atoms in total. The number of hydrogen-bond acceptors (Lipinski definition) is 3. The van der Waals surface area contributed by atoms with Gasteiger partial charge in [-0.3, -0.25) is 4.57 Å². The van der Waals surface area contributed by atoms with Crippen molar-refractivity contribution in [2.75, 3.05) is 0 Å². The van der Waals surface area contributed by atoms with Crippen molar-refractivity contribution in [3.63, 3.8) is 0 Å². The normalized spacial score (nSPS) is 11.5. The van der Waals surface area contributed by atoms with Gasteiger partial charge in [0, 0.05) is 38.2 Å². The molecule has 0 saturated heterocycles. The predicted molar refractivity (Wildman–Crippen MR) is 281 cm³/mol. The Hall–Kier alpha value is -9.19. The van der Waals surface area contributed by atoms with Crippen molar-refractivity contribution in [1.82, 2.24) is 24.1 Å². The summed E-state index contributed by atoms with van der Waals surface area (Å²) in [6.07, 6.45) is 0. The molecule has 318 valence electrons. The lowest BCUT2D eigenvalue weighted by Crippen LogP contribution is -2.06. The molecule has 0 N–H and O–H groups in total. The van der Waals surface area contributed by atoms with Gasteiger partial charge < -0.3 is 4.57 Å². The summed E-state index contributed by atoms with van der Waals surface area (Å²) in [6.45, 7) is 0. The number of fused-ring (bicyclic) bond motifs is 6. The highest BCUT2D eigenvalue weighted by atomic mass is 15.2. The van der Waals surface area contributed by atoms with E-state index in [-0.39, 0.29) is 0 Å². The van der Waals surface area contributed by atoms with Crippen molar-refractivity contribution >= 4 is 43.6 Å². The largest absolute Gasteiger partial charge is 0.309 e. The van der Waals surface area contributed by atoms with Crippen molar-refractivity contribution in [2.24, 2.45) is 0 Å². The fraction of sp³-hybridized carbons (Fsp3) is 0. The maximum absolute atomic E-state index is 5.37. The van der Waals surface area contributed by atoms with E-state index in [1.807, 2.05) is 24.3 Å². The highest BCUT2D eigenvalue weighted by Gasteiger charge is 2.23. The van der Waals surface area contributed by atoms with Crippen LogP contribution in [-0.2, 0) is 0 Å². The predicted octanol–water partition coefficient (Wildman–Crippen LogP) is 16.1. The van der Waals surface area contributed by atoms with E-state index in [0.29, 0.717) is 17.6 Å². The van der Waals surface area contributed by atoms with Crippen LogP contribution in [0.1, 0.15) is 0 Å². The Morgan fingerprint density at radius 3 is 1.28 bits per heavy atom. The third kappa shape index (κ3) is 6.76. The van der Waals surface area contributed by atoms with Gasteiger partial charge in [0.15, 0.2) is 11.6 Å². The van der Waals surface area contributed by atoms with Gasteiger partial charge in [-0.2, -0.15) is 9.97 Å². The van der Waals surface area contributed by atoms with Crippen LogP contribution in [0.2, 0.25) is 0 Å². The summed E-state index contributed by atoms with van der Waals surface area (Å²) in [5.74, 6) is 1.77. The van der Waals surface area contributed by atoms with Gasteiger partial charge in [-0.1, -0.05) is 206 Å². The first kappa shape index (κ1) is 39.2. The van der Waals surface area contributed by atoms with E-state index < -0.39 is 0 Å². The number of nitrogens with zero attached hydrogens (tertiary/aromatic N) is 5. The molecule has 0 bridgehead atoms. The Morgan fingerprint density at radius 2 is 0.662 bits per heavy atom. The summed E-state index contributed by atoms with van der Waals surface area (Å²) in [5.41, 5.74) is 16.4. The van der Waals surface area contributed by atoms with Crippen LogP contribution in [0.3, 0.4) is 0 Å². The van der Waals surface area contributed by atoms with E-state index in [1.54, 1.807) is 0 Å². The molecule has 13 rings (SSSR count). The molecule has 0 amide bonds. The van der Waals surface area contributed by atoms with Crippen molar-refractivity contribution in [1.29, 1.82) is 0 Å². The van der Waals surface area contributed by atoms with Crippen LogP contribution in [-0.4, -0.2) is 24.1 Å². The minimum atomic E-state index is 0.554. The number of aromatic nitrogens is 5. The summed E-state index contributed by atoms with van der Waals surface area (Å²) in [4.78, 5) is 15.8. The highest BCUT2D eigenvalue weighted by Crippen LogP contribution is 2.42. The quantitative estimate of drug-likeness (QED) is 0.153. The molecule has 0 radical (unpaired) electrons. The summed E-state index contributed by atoms with van der Waals surface area (Å²) in [6, 6.07) is 88.4. The second-order valence-electron chi connectivity index (χ2n) is 17.2. The van der Waals surface area contributed by atoms with E-state index in [9.17, 15) is 0 Å². The molecular formula is C63H41N5. The third-order valence-electron chi connectivity index (χ3n) is 13.2. The van der Waals surface area contributed by atoms with Gasteiger partial charge >= 0.3 is 0 Å². The molecule has 0 atom stereocenters. The van der Waals surface area contributed by atoms with E-state index in [4.69, 9.17) is 15.0 Å². The van der Waals surface area contributed by atoms with Crippen LogP contribution in [0.15, 0.2) is 249 Å². The van der Waals surface area contributed by atoms with Gasteiger partial charge in [0.25, 0.3) is 0 Å². The third-order valence-corrected chi connectivity index (χ3v) is 13.2. The molecule has 0 spiro atoms. The van der Waals surface area contributed by atoms with Crippen molar-refractivity contribution in [2.45, 2.75) is 0 Å². The van der Waals surface area contributed by atoms with Gasteiger partial charge in [0.2, 0.25) is 5.95 Å². The first-order chi connectivity index (χ1) is 33.7. The zero-order chi connectivity index (χ0) is 45.0. The molecular weight excluding hydrogens is 827 g/mol. The van der Waals surface area contributed by atoms with Gasteiger partial charge in [0.05, 0.1) is 27.8 Å². The van der Waals surface area contributed by atoms with Gasteiger partial charge in [-0.25, -0.2) is 4.98 Å². The smallest absolute Gasteiger partial charge is 0.238 e. The maximum atomic E-state index is 5.37. The standard InChI is InChI=1S/C63H41N5/c1-5-18-42(19-6-1)45-32-34-46(35-33-45)53-39-49(44-22-9-3-10-23-44)36-37-58(53)67-56-30-15-13-28-51(56)54-40-55-52-29-14-16-31-57(52)68(60(55)41-59(54)67)63-65-61(47-24-11-4-12-25-47)64-62(66-63)50-27-17-26-48(38-50)43-20-7-2-8-21-43/h1-41H. The van der Waals surface area contributed by atoms with Crippen molar-refractivity contribution in [3.8, 4) is 78.9 Å². The minimum absolute atomic E-state index is 0.554. The molecule has 68 heavy (non-hydrogen) atoms. The average Bonchev–Trinajstić information content (AvgIpc) is 3.92. The zero-order valence-corrected chi connectivity index (χ0v) is 36.9. The van der Waals surface area contributed by atoms with Crippen LogP contribution in [0.25, 0.3) is 123 Å². The second-order valence-corrected chi connectivity index (χ2v) is 17.2. The zero-order valence-electron chi connectivity index (χ0n) is 36.9. The highest BCUT2D eigenvalue weighted by molar-refractivity contribution is 6.19. The topological polar surface area (TPSA) is 48.5 Å². The molecule has 13 aromatic rings. The number of para-hydroxylation sites is 2. The molecule has 10 aromatic carbocycles. The molecule has 0 aliphatic carbocycles. The Kier molecular flexibility index (Phi) is 9.43. The summed E-state index contributed by atoms with van der Waals surface area (Å²) in [7, 11) is 0. The maximum Gasteiger partial charge on any atom is 0.238 e. The molecule has 0 unspecified atom stereocenters. The van der Waals surface area contributed by atoms with Crippen LogP contribution in [0.5, 0.6) is 0 Å². The van der Waals surface area contributed by atoms with E-state index >= 15 is 0 Å². The Balaban J connectivity index is 1.07. The van der Waals surface area contributed by atoms with Gasteiger partial charge in [-0.05, 0) is 81.4 Å². The van der Waals surface area contributed by atoms with Crippen molar-refractivity contribution in [3.05, 3.63) is 249 Å². The lowest BCUT2D eigenvalue weighted by atomic mass is 9.95. The monoisotopic (exact) mass is 867 g/mol. The average molecular weight is 868 g/mol. The molecule has 0 fully saturated rings. The van der Waals surface area contributed by atoms with Crippen LogP contribution in [0, 0.1) is 0 Å². The summed E-state index contributed by atoms with van der Waals surface area (Å²) >= 11 is 0. The summed E-state index contributed by atoms with van der Waals surface area (Å²) in [5, 5.41) is 4.61. The fourth-order valence-electron chi connectivity index (χ4n) is 9.93. The SMILES string of the molecule is c1ccc(-c2ccc(-c3cc(-c4ccccc4)ccc3-n3c4ccccc4c4cc5c6ccccc6n(-c6nc(-c7ccccc7)nc(-c7cccc(-c8ccccc8)c7)n6)c5cc43)cc2)cc1. The van der Waals surface area contributed by atoms with E-state index in [0.717, 1.165) is 77.5 Å². The molecule has 3 heterocycles. The lowest BCUT2D eigenvalue weighted by molar-refractivity contribution is 0.953. The number of hydrogen-bond donors (Lipinski definition) is 0. The number of benzene rings is 10. The molecule has 0 saturated carbocycles. The first-order valence-corrected chi connectivity index (χ1v) is 23.0. The fourth-order valence-corrected chi connectivity index (χ4v) is 9.93. The minimum Gasteiger partial charge on any atom is -0.309 e. The molecule has 3 aromatic heterocycles. The van der Waals surface area contributed by atoms with E-state index in [1.165, 1.54) is 27.5 Å². The van der Waals surface area contributed by atoms with Crippen molar-refractivity contribution < 1.29 is 0 Å². The van der Waals surface area contributed by atoms with E-state index in [2.05, 4.69) is 234 Å². The van der Waals surface area contributed by atoms with Gasteiger partial charge in [0.1, 0.15) is 0 Å². The first-order valence-electron chi connectivity index (χ1n) is 23.0. The Labute approximate surface area is 393 Å². The second kappa shape index (κ2) is 16.4. The number of rotatable bonds is 8.